The number of rotatable bonds is 13. The van der Waals surface area contributed by atoms with E-state index in [9.17, 15) is 5.11 Å². The first-order chi connectivity index (χ1) is 13.2. The molecule has 0 aromatic heterocycles. The highest BCUT2D eigenvalue weighted by atomic mass is 16.5. The third-order valence-corrected chi connectivity index (χ3v) is 3.96. The maximum absolute atomic E-state index is 10.5. The maximum Gasteiger partial charge on any atom is 0.191 e. The summed E-state index contributed by atoms with van der Waals surface area (Å²) in [7, 11) is 3.17. The van der Waals surface area contributed by atoms with E-state index >= 15 is 0 Å². The van der Waals surface area contributed by atoms with Crippen LogP contribution >= 0.6 is 0 Å². The van der Waals surface area contributed by atoms with Gasteiger partial charge in [-0.1, -0.05) is 13.3 Å². The lowest BCUT2D eigenvalue weighted by Gasteiger charge is -2.16. The number of benzene rings is 1. The average molecular weight is 382 g/mol. The first kappa shape index (κ1) is 23.0. The Hall–Kier alpha value is -1.99. The number of aliphatic hydroxyl groups excluding tert-OH is 1. The number of aliphatic hydroxyl groups is 1. The summed E-state index contributed by atoms with van der Waals surface area (Å²) in [6, 6.07) is 5.35. The molecular formula is C20H35N3O4. The number of nitrogens with zero attached hydrogens (tertiary/aromatic N) is 1. The molecule has 1 aromatic rings. The van der Waals surface area contributed by atoms with E-state index in [1.807, 2.05) is 6.92 Å². The van der Waals surface area contributed by atoms with Gasteiger partial charge in [-0.05, 0) is 38.0 Å². The van der Waals surface area contributed by atoms with Crippen molar-refractivity contribution in [2.75, 3.05) is 47.1 Å². The molecule has 7 nitrogen and oxygen atoms in total. The summed E-state index contributed by atoms with van der Waals surface area (Å²) in [5, 5.41) is 17.0. The van der Waals surface area contributed by atoms with E-state index in [1.165, 1.54) is 0 Å². The fourth-order valence-electron chi connectivity index (χ4n) is 2.45. The molecule has 0 spiro atoms. The predicted molar refractivity (Wildman–Crippen MR) is 109 cm³/mol. The lowest BCUT2D eigenvalue weighted by atomic mass is 10.1. The highest BCUT2D eigenvalue weighted by Gasteiger charge is 2.14. The topological polar surface area (TPSA) is 84.3 Å². The van der Waals surface area contributed by atoms with Gasteiger partial charge in [-0.2, -0.15) is 0 Å². The van der Waals surface area contributed by atoms with Crippen molar-refractivity contribution in [3.63, 3.8) is 0 Å². The third-order valence-electron chi connectivity index (χ3n) is 3.96. The molecule has 0 heterocycles. The number of guanidine groups is 1. The monoisotopic (exact) mass is 381 g/mol. The first-order valence-corrected chi connectivity index (χ1v) is 9.66. The fourth-order valence-corrected chi connectivity index (χ4v) is 2.45. The molecule has 27 heavy (non-hydrogen) atoms. The van der Waals surface area contributed by atoms with Gasteiger partial charge in [0.15, 0.2) is 5.96 Å². The predicted octanol–water partition coefficient (Wildman–Crippen LogP) is 2.50. The van der Waals surface area contributed by atoms with Crippen molar-refractivity contribution in [3.05, 3.63) is 23.8 Å². The number of methoxy groups -OCH3 is 2. The normalized spacial score (nSPS) is 12.6. The van der Waals surface area contributed by atoms with Crippen LogP contribution in [0.3, 0.4) is 0 Å². The van der Waals surface area contributed by atoms with E-state index < -0.39 is 6.10 Å². The zero-order valence-corrected chi connectivity index (χ0v) is 17.1. The molecule has 0 saturated heterocycles. The molecule has 1 unspecified atom stereocenters. The van der Waals surface area contributed by atoms with Crippen molar-refractivity contribution in [2.24, 2.45) is 4.99 Å². The second kappa shape index (κ2) is 14.1. The minimum Gasteiger partial charge on any atom is -0.497 e. The summed E-state index contributed by atoms with van der Waals surface area (Å²) in [5.74, 6) is 1.95. The number of nitrogens with one attached hydrogen (secondary N) is 2. The van der Waals surface area contributed by atoms with Crippen LogP contribution in [0.15, 0.2) is 23.2 Å². The van der Waals surface area contributed by atoms with Crippen molar-refractivity contribution in [2.45, 2.75) is 39.2 Å². The number of hydrogen-bond acceptors (Lipinski definition) is 5. The Kier molecular flexibility index (Phi) is 12.1. The Bertz CT molecular complexity index is 552. The molecule has 0 aliphatic rings. The van der Waals surface area contributed by atoms with E-state index in [0.29, 0.717) is 23.0 Å². The molecule has 1 atom stereocenters. The van der Waals surface area contributed by atoms with E-state index in [4.69, 9.17) is 14.2 Å². The van der Waals surface area contributed by atoms with Crippen LogP contribution in [0.4, 0.5) is 0 Å². The lowest BCUT2D eigenvalue weighted by Crippen LogP contribution is -2.38. The first-order valence-electron chi connectivity index (χ1n) is 9.66. The molecular weight excluding hydrogens is 346 g/mol. The van der Waals surface area contributed by atoms with Crippen LogP contribution in [-0.2, 0) is 4.74 Å². The summed E-state index contributed by atoms with van der Waals surface area (Å²) < 4.78 is 16.1. The smallest absolute Gasteiger partial charge is 0.191 e. The minimum absolute atomic E-state index is 0.214. The van der Waals surface area contributed by atoms with E-state index in [2.05, 4.69) is 22.5 Å². The number of unbranched alkanes of at least 4 members (excludes halogenated alkanes) is 1. The number of hydrogen-bond donors (Lipinski definition) is 3. The van der Waals surface area contributed by atoms with E-state index in [-0.39, 0.29) is 6.54 Å². The highest BCUT2D eigenvalue weighted by molar-refractivity contribution is 5.79. The van der Waals surface area contributed by atoms with Crippen molar-refractivity contribution in [1.82, 2.24) is 10.6 Å². The third kappa shape index (κ3) is 8.97. The molecule has 0 aliphatic carbocycles. The summed E-state index contributed by atoms with van der Waals surface area (Å²) in [5.41, 5.74) is 0.653. The van der Waals surface area contributed by atoms with Gasteiger partial charge in [-0.15, -0.1) is 0 Å². The fraction of sp³-hybridized carbons (Fsp3) is 0.650. The van der Waals surface area contributed by atoms with Gasteiger partial charge in [0, 0.05) is 31.9 Å². The second-order valence-corrected chi connectivity index (χ2v) is 6.09. The molecule has 7 heteroatoms. The Balaban J connectivity index is 2.56. The van der Waals surface area contributed by atoms with Gasteiger partial charge in [0.1, 0.15) is 17.6 Å². The van der Waals surface area contributed by atoms with Crippen molar-refractivity contribution >= 4 is 5.96 Å². The quantitative estimate of drug-likeness (QED) is 0.277. The molecule has 1 aromatic carbocycles. The summed E-state index contributed by atoms with van der Waals surface area (Å²) in [4.78, 5) is 4.48. The average Bonchev–Trinajstić information content (AvgIpc) is 2.70. The van der Waals surface area contributed by atoms with Gasteiger partial charge < -0.3 is 30.0 Å². The van der Waals surface area contributed by atoms with Crippen LogP contribution in [0.5, 0.6) is 11.5 Å². The zero-order valence-electron chi connectivity index (χ0n) is 17.1. The van der Waals surface area contributed by atoms with Gasteiger partial charge in [0.25, 0.3) is 0 Å². The van der Waals surface area contributed by atoms with Gasteiger partial charge >= 0.3 is 0 Å². The van der Waals surface area contributed by atoms with Crippen LogP contribution < -0.4 is 20.1 Å². The molecule has 3 N–H and O–H groups in total. The zero-order chi connectivity index (χ0) is 19.9. The van der Waals surface area contributed by atoms with Crippen LogP contribution in [-0.4, -0.2) is 58.1 Å². The molecule has 0 bridgehead atoms. The molecule has 154 valence electrons. The van der Waals surface area contributed by atoms with Gasteiger partial charge in [-0.3, -0.25) is 4.99 Å². The largest absolute Gasteiger partial charge is 0.497 e. The minimum atomic E-state index is -0.789. The molecule has 0 radical (unpaired) electrons. The number of aliphatic imine (C=N–C) groups is 1. The standard InChI is InChI=1S/C20H35N3O4/c1-5-7-12-27-13-8-11-22-20(21-6-2)23-15-18(24)17-14-16(25-3)9-10-19(17)26-4/h9-10,14,18,24H,5-8,11-13,15H2,1-4H3,(H2,21,22,23). The summed E-state index contributed by atoms with van der Waals surface area (Å²) >= 11 is 0. The summed E-state index contributed by atoms with van der Waals surface area (Å²) in [6.45, 7) is 7.43. The van der Waals surface area contributed by atoms with Crippen LogP contribution in [0, 0.1) is 0 Å². The molecule has 0 aliphatic heterocycles. The molecule has 1 rings (SSSR count). The van der Waals surface area contributed by atoms with E-state index in [0.717, 1.165) is 45.6 Å². The van der Waals surface area contributed by atoms with Crippen LogP contribution in [0.25, 0.3) is 0 Å². The lowest BCUT2D eigenvalue weighted by molar-refractivity contribution is 0.129. The SMILES string of the molecule is CCCCOCCCNC(=NCC(O)c1cc(OC)ccc1OC)NCC. The van der Waals surface area contributed by atoms with Crippen molar-refractivity contribution in [1.29, 1.82) is 0 Å². The van der Waals surface area contributed by atoms with E-state index in [1.54, 1.807) is 32.4 Å². The number of ether oxygens (including phenoxy) is 3. The van der Waals surface area contributed by atoms with Gasteiger partial charge in [0.05, 0.1) is 20.8 Å². The van der Waals surface area contributed by atoms with Gasteiger partial charge in [0.2, 0.25) is 0 Å². The summed E-state index contributed by atoms with van der Waals surface area (Å²) in [6.07, 6.45) is 2.36. The van der Waals surface area contributed by atoms with Crippen LogP contribution in [0.1, 0.15) is 44.8 Å². The van der Waals surface area contributed by atoms with Crippen molar-refractivity contribution < 1.29 is 19.3 Å². The van der Waals surface area contributed by atoms with Gasteiger partial charge in [-0.25, -0.2) is 0 Å². The maximum atomic E-state index is 10.5. The van der Waals surface area contributed by atoms with Crippen LogP contribution in [0.2, 0.25) is 0 Å². The second-order valence-electron chi connectivity index (χ2n) is 6.09. The Morgan fingerprint density at radius 3 is 2.56 bits per heavy atom. The molecule has 0 saturated carbocycles. The Morgan fingerprint density at radius 1 is 1.11 bits per heavy atom. The Labute approximate surface area is 163 Å². The Morgan fingerprint density at radius 2 is 1.89 bits per heavy atom. The molecule has 0 amide bonds. The highest BCUT2D eigenvalue weighted by Crippen LogP contribution is 2.29. The molecule has 0 fully saturated rings. The van der Waals surface area contributed by atoms with Crippen molar-refractivity contribution in [3.8, 4) is 11.5 Å².